The average molecular weight is 342 g/mol. The summed E-state index contributed by atoms with van der Waals surface area (Å²) in [6.07, 6.45) is 2.92. The van der Waals surface area contributed by atoms with E-state index in [1.54, 1.807) is 18.9 Å². The molecule has 2 rings (SSSR count). The first-order valence-electron chi connectivity index (χ1n) is 7.93. The number of carbonyl (C=O) groups excluding carboxylic acids is 2. The van der Waals surface area contributed by atoms with Crippen LogP contribution in [0, 0.1) is 0 Å². The maximum absolute atomic E-state index is 11.9. The second-order valence-electron chi connectivity index (χ2n) is 5.38. The molecule has 1 aromatic carbocycles. The van der Waals surface area contributed by atoms with Crippen LogP contribution in [-0.2, 0) is 4.79 Å². The van der Waals surface area contributed by atoms with Gasteiger partial charge in [0.15, 0.2) is 11.5 Å². The molecular weight excluding hydrogens is 320 g/mol. The second-order valence-corrected chi connectivity index (χ2v) is 5.38. The zero-order chi connectivity index (χ0) is 18.2. The van der Waals surface area contributed by atoms with Gasteiger partial charge in [0.2, 0.25) is 5.91 Å². The fourth-order valence-electron chi connectivity index (χ4n) is 2.24. The molecule has 0 bridgehead atoms. The second kappa shape index (κ2) is 8.74. The van der Waals surface area contributed by atoms with Crippen molar-refractivity contribution in [3.05, 3.63) is 48.4 Å². The summed E-state index contributed by atoms with van der Waals surface area (Å²) >= 11 is 0. The van der Waals surface area contributed by atoms with E-state index in [1.165, 1.54) is 12.4 Å². The minimum Gasteiger partial charge on any atom is -0.364 e. The molecule has 8 nitrogen and oxygen atoms in total. The van der Waals surface area contributed by atoms with Crippen molar-refractivity contribution in [3.8, 4) is 0 Å². The van der Waals surface area contributed by atoms with E-state index in [-0.39, 0.29) is 17.6 Å². The lowest BCUT2D eigenvalue weighted by molar-refractivity contribution is -0.122. The topological polar surface area (TPSA) is 113 Å². The lowest BCUT2D eigenvalue weighted by Gasteiger charge is -2.25. The number of para-hydroxylation sites is 1. The predicted octanol–water partition coefficient (Wildman–Crippen LogP) is 0.438. The summed E-state index contributed by atoms with van der Waals surface area (Å²) in [7, 11) is 1.72. The summed E-state index contributed by atoms with van der Waals surface area (Å²) in [6.45, 7) is 2.55. The van der Waals surface area contributed by atoms with E-state index in [9.17, 15) is 9.59 Å². The largest absolute Gasteiger partial charge is 0.364 e. The molecule has 132 valence electrons. The molecule has 0 spiro atoms. The van der Waals surface area contributed by atoms with Gasteiger partial charge in [0.25, 0.3) is 5.91 Å². The quantitative estimate of drug-likeness (QED) is 0.641. The molecular formula is C17H22N6O2. The summed E-state index contributed by atoms with van der Waals surface area (Å²) in [4.78, 5) is 33.7. The number of nitrogens with zero attached hydrogens (tertiary/aromatic N) is 3. The van der Waals surface area contributed by atoms with Gasteiger partial charge in [-0.05, 0) is 26.1 Å². The van der Waals surface area contributed by atoms with Crippen LogP contribution in [0.1, 0.15) is 17.4 Å². The molecule has 25 heavy (non-hydrogen) atoms. The normalized spacial score (nSPS) is 11.6. The highest BCUT2D eigenvalue weighted by molar-refractivity contribution is 5.96. The van der Waals surface area contributed by atoms with Crippen molar-refractivity contribution in [1.29, 1.82) is 0 Å². The van der Waals surface area contributed by atoms with Gasteiger partial charge in [-0.15, -0.1) is 0 Å². The molecule has 0 radical (unpaired) electrons. The number of likely N-dealkylation sites (N-methyl/N-ethyl adjacent to an activating group) is 1. The number of amides is 2. The number of hydrogen-bond acceptors (Lipinski definition) is 6. The molecule has 1 atom stereocenters. The van der Waals surface area contributed by atoms with Crippen LogP contribution in [0.25, 0.3) is 0 Å². The van der Waals surface area contributed by atoms with Gasteiger partial charge in [0.05, 0.1) is 6.04 Å². The van der Waals surface area contributed by atoms with Gasteiger partial charge in [-0.1, -0.05) is 18.2 Å². The SMILES string of the molecule is CNC(C)C(=O)NCCN(c1ccccc1)c1nccnc1C(N)=O. The first kappa shape index (κ1) is 18.3. The van der Waals surface area contributed by atoms with E-state index >= 15 is 0 Å². The van der Waals surface area contributed by atoms with Gasteiger partial charge in [0.1, 0.15) is 0 Å². The molecule has 2 amide bonds. The molecule has 0 saturated heterocycles. The van der Waals surface area contributed by atoms with Crippen molar-refractivity contribution in [3.63, 3.8) is 0 Å². The summed E-state index contributed by atoms with van der Waals surface area (Å²) in [6, 6.07) is 9.13. The van der Waals surface area contributed by atoms with E-state index in [0.717, 1.165) is 5.69 Å². The minimum atomic E-state index is -0.656. The molecule has 8 heteroatoms. The number of rotatable bonds is 8. The highest BCUT2D eigenvalue weighted by atomic mass is 16.2. The van der Waals surface area contributed by atoms with Crippen molar-refractivity contribution in [2.75, 3.05) is 25.0 Å². The first-order chi connectivity index (χ1) is 12.0. The number of nitrogens with one attached hydrogen (secondary N) is 2. The maximum Gasteiger partial charge on any atom is 0.271 e. The Morgan fingerprint density at radius 1 is 1.20 bits per heavy atom. The zero-order valence-electron chi connectivity index (χ0n) is 14.3. The number of nitrogens with two attached hydrogens (primary N) is 1. The highest BCUT2D eigenvalue weighted by Crippen LogP contribution is 2.24. The number of hydrogen-bond donors (Lipinski definition) is 3. The van der Waals surface area contributed by atoms with Gasteiger partial charge in [-0.25, -0.2) is 9.97 Å². The van der Waals surface area contributed by atoms with Crippen molar-refractivity contribution >= 4 is 23.3 Å². The Kier molecular flexibility index (Phi) is 6.41. The van der Waals surface area contributed by atoms with E-state index in [0.29, 0.717) is 18.9 Å². The van der Waals surface area contributed by atoms with Crippen molar-refractivity contribution < 1.29 is 9.59 Å². The Labute approximate surface area is 146 Å². The van der Waals surface area contributed by atoms with Crippen LogP contribution in [-0.4, -0.2) is 48.0 Å². The molecule has 2 aromatic rings. The van der Waals surface area contributed by atoms with E-state index in [2.05, 4.69) is 20.6 Å². The molecule has 0 aliphatic heterocycles. The maximum atomic E-state index is 11.9. The van der Waals surface area contributed by atoms with Crippen LogP contribution in [0.4, 0.5) is 11.5 Å². The van der Waals surface area contributed by atoms with E-state index < -0.39 is 5.91 Å². The summed E-state index contributed by atoms with van der Waals surface area (Å²) < 4.78 is 0. The molecule has 4 N–H and O–H groups in total. The van der Waals surface area contributed by atoms with Crippen molar-refractivity contribution in [2.45, 2.75) is 13.0 Å². The fourth-order valence-corrected chi connectivity index (χ4v) is 2.24. The summed E-state index contributed by atoms with van der Waals surface area (Å²) in [5.41, 5.74) is 6.32. The Bertz CT molecular complexity index is 722. The molecule has 0 fully saturated rings. The van der Waals surface area contributed by atoms with Crippen molar-refractivity contribution in [2.24, 2.45) is 5.73 Å². The Hall–Kier alpha value is -3.00. The molecule has 1 unspecified atom stereocenters. The number of aromatic nitrogens is 2. The third kappa shape index (κ3) is 4.74. The molecule has 0 aliphatic rings. The summed E-state index contributed by atoms with van der Waals surface area (Å²) in [5, 5.41) is 5.73. The number of benzene rings is 1. The van der Waals surface area contributed by atoms with E-state index in [4.69, 9.17) is 5.73 Å². The third-order valence-corrected chi connectivity index (χ3v) is 3.70. The molecule has 1 heterocycles. The van der Waals surface area contributed by atoms with Gasteiger partial charge >= 0.3 is 0 Å². The van der Waals surface area contributed by atoms with Crippen LogP contribution >= 0.6 is 0 Å². The number of primary amides is 1. The fraction of sp³-hybridized carbons (Fsp3) is 0.294. The zero-order valence-corrected chi connectivity index (χ0v) is 14.3. The van der Waals surface area contributed by atoms with Crippen LogP contribution in [0.5, 0.6) is 0 Å². The molecule has 0 saturated carbocycles. The lowest BCUT2D eigenvalue weighted by Crippen LogP contribution is -2.43. The van der Waals surface area contributed by atoms with Gasteiger partial charge < -0.3 is 21.3 Å². The number of carbonyl (C=O) groups is 2. The Morgan fingerprint density at radius 2 is 1.88 bits per heavy atom. The highest BCUT2D eigenvalue weighted by Gasteiger charge is 2.19. The Balaban J connectivity index is 2.24. The van der Waals surface area contributed by atoms with Crippen LogP contribution in [0.15, 0.2) is 42.7 Å². The number of anilines is 2. The standard InChI is InChI=1S/C17H22N6O2/c1-12(19-2)17(25)22-10-11-23(13-6-4-3-5-7-13)16-14(15(18)24)20-8-9-21-16/h3-9,12,19H,10-11H2,1-2H3,(H2,18,24)(H,22,25). The van der Waals surface area contributed by atoms with Crippen molar-refractivity contribution in [1.82, 2.24) is 20.6 Å². The van der Waals surface area contributed by atoms with Gasteiger partial charge in [-0.2, -0.15) is 0 Å². The Morgan fingerprint density at radius 3 is 2.52 bits per heavy atom. The van der Waals surface area contributed by atoms with Crippen LogP contribution < -0.4 is 21.3 Å². The lowest BCUT2D eigenvalue weighted by atomic mass is 10.2. The molecule has 1 aromatic heterocycles. The van der Waals surface area contributed by atoms with Gasteiger partial charge in [-0.3, -0.25) is 9.59 Å². The van der Waals surface area contributed by atoms with Gasteiger partial charge in [0, 0.05) is 31.2 Å². The van der Waals surface area contributed by atoms with Crippen LogP contribution in [0.3, 0.4) is 0 Å². The third-order valence-electron chi connectivity index (χ3n) is 3.70. The minimum absolute atomic E-state index is 0.0845. The molecule has 0 aliphatic carbocycles. The monoisotopic (exact) mass is 342 g/mol. The first-order valence-corrected chi connectivity index (χ1v) is 7.93. The smallest absolute Gasteiger partial charge is 0.271 e. The average Bonchev–Trinajstić information content (AvgIpc) is 2.65. The predicted molar refractivity (Wildman–Crippen MR) is 95.5 cm³/mol. The summed E-state index contributed by atoms with van der Waals surface area (Å²) in [5.74, 6) is -0.404. The van der Waals surface area contributed by atoms with Crippen LogP contribution in [0.2, 0.25) is 0 Å². The van der Waals surface area contributed by atoms with E-state index in [1.807, 2.05) is 30.3 Å².